The van der Waals surface area contributed by atoms with Crippen LogP contribution in [0.15, 0.2) is 30.0 Å². The molecule has 0 aromatic heterocycles. The molecule has 2 aliphatic heterocycles. The number of carbonyl (C=O) groups is 2. The van der Waals surface area contributed by atoms with Crippen molar-refractivity contribution < 1.29 is 23.8 Å². The molecule has 0 unspecified atom stereocenters. The van der Waals surface area contributed by atoms with Gasteiger partial charge in [-0.3, -0.25) is 4.79 Å². The quantitative estimate of drug-likeness (QED) is 0.821. The van der Waals surface area contributed by atoms with Crippen molar-refractivity contribution in [3.8, 4) is 5.75 Å². The number of likely N-dealkylation sites (tertiary alicyclic amines) is 1. The van der Waals surface area contributed by atoms with E-state index < -0.39 is 11.7 Å². The molecule has 3 rings (SSSR count). The van der Waals surface area contributed by atoms with E-state index >= 15 is 0 Å². The second-order valence-corrected chi connectivity index (χ2v) is 6.51. The summed E-state index contributed by atoms with van der Waals surface area (Å²) in [4.78, 5) is 27.6. The van der Waals surface area contributed by atoms with Gasteiger partial charge < -0.3 is 24.4 Å². The zero-order valence-corrected chi connectivity index (χ0v) is 15.3. The number of rotatable bonds is 4. The van der Waals surface area contributed by atoms with Crippen LogP contribution in [0.1, 0.15) is 25.3 Å². The Balaban J connectivity index is 2.01. The van der Waals surface area contributed by atoms with Gasteiger partial charge in [0.1, 0.15) is 5.75 Å². The molecule has 7 nitrogen and oxygen atoms in total. The molecule has 0 bridgehead atoms. The predicted molar refractivity (Wildman–Crippen MR) is 95.2 cm³/mol. The highest BCUT2D eigenvalue weighted by Crippen LogP contribution is 2.35. The van der Waals surface area contributed by atoms with Gasteiger partial charge >= 0.3 is 5.97 Å². The first-order valence-corrected chi connectivity index (χ1v) is 8.74. The van der Waals surface area contributed by atoms with Crippen LogP contribution >= 0.6 is 0 Å². The smallest absolute Gasteiger partial charge is 0.374 e. The molecule has 26 heavy (non-hydrogen) atoms. The third kappa shape index (κ3) is 3.53. The van der Waals surface area contributed by atoms with E-state index in [9.17, 15) is 9.59 Å². The zero-order valence-electron chi connectivity index (χ0n) is 15.3. The van der Waals surface area contributed by atoms with Gasteiger partial charge in [-0.05, 0) is 31.7 Å². The summed E-state index contributed by atoms with van der Waals surface area (Å²) in [5.74, 6) is -0.304. The molecule has 1 amide bonds. The van der Waals surface area contributed by atoms with Crippen molar-refractivity contribution in [2.24, 2.45) is 0 Å². The minimum atomic E-state index is -0.859. The maximum atomic E-state index is 12.9. The fourth-order valence-electron chi connectivity index (χ4n) is 3.21. The summed E-state index contributed by atoms with van der Waals surface area (Å²) in [7, 11) is 3.58. The average molecular weight is 360 g/mol. The van der Waals surface area contributed by atoms with Gasteiger partial charge in [-0.2, -0.15) is 0 Å². The monoisotopic (exact) mass is 360 g/mol. The van der Waals surface area contributed by atoms with Crippen molar-refractivity contribution in [3.63, 3.8) is 0 Å². The lowest BCUT2D eigenvalue weighted by Gasteiger charge is -2.43. The Hall–Kier alpha value is -2.54. The van der Waals surface area contributed by atoms with Crippen LogP contribution < -0.4 is 10.1 Å². The Bertz CT molecular complexity index is 718. The molecule has 2 heterocycles. The van der Waals surface area contributed by atoms with Crippen LogP contribution in [0.3, 0.4) is 0 Å². The molecule has 1 fully saturated rings. The summed E-state index contributed by atoms with van der Waals surface area (Å²) in [6.07, 6.45) is 1.21. The van der Waals surface area contributed by atoms with E-state index in [0.717, 1.165) is 13.1 Å². The van der Waals surface area contributed by atoms with Crippen molar-refractivity contribution in [1.82, 2.24) is 10.2 Å². The Morgan fingerprint density at radius 3 is 2.50 bits per heavy atom. The highest BCUT2D eigenvalue weighted by molar-refractivity contribution is 6.25. The van der Waals surface area contributed by atoms with E-state index in [1.54, 1.807) is 38.3 Å². The van der Waals surface area contributed by atoms with Crippen LogP contribution in [0.25, 0.3) is 5.57 Å². The second kappa shape index (κ2) is 7.37. The number of piperidine rings is 1. The van der Waals surface area contributed by atoms with Gasteiger partial charge in [-0.15, -0.1) is 0 Å². The fourth-order valence-corrected chi connectivity index (χ4v) is 3.21. The first kappa shape index (κ1) is 18.3. The lowest BCUT2D eigenvalue weighted by atomic mass is 9.95. The van der Waals surface area contributed by atoms with E-state index in [4.69, 9.17) is 14.2 Å². The summed E-state index contributed by atoms with van der Waals surface area (Å²) < 4.78 is 16.4. The standard InChI is InChI=1S/C19H24N2O5/c1-4-25-18(23)16-15(13-5-7-14(24-3)8-6-13)17(22)20-19(26-16)9-11-21(2)12-10-19/h5-8H,4,9-12H2,1-3H3,(H,20,22). The van der Waals surface area contributed by atoms with Crippen molar-refractivity contribution in [1.29, 1.82) is 0 Å². The first-order chi connectivity index (χ1) is 12.5. The first-order valence-electron chi connectivity index (χ1n) is 8.74. The number of amides is 1. The third-order valence-electron chi connectivity index (χ3n) is 4.73. The van der Waals surface area contributed by atoms with Crippen molar-refractivity contribution in [2.75, 3.05) is 33.9 Å². The maximum Gasteiger partial charge on any atom is 0.374 e. The number of esters is 1. The van der Waals surface area contributed by atoms with E-state index in [2.05, 4.69) is 10.2 Å². The minimum Gasteiger partial charge on any atom is -0.497 e. The number of hydrogen-bond donors (Lipinski definition) is 1. The molecule has 0 saturated carbocycles. The van der Waals surface area contributed by atoms with Crippen LogP contribution in [-0.2, 0) is 19.1 Å². The molecule has 1 aromatic carbocycles. The number of carbonyl (C=O) groups excluding carboxylic acids is 2. The van der Waals surface area contributed by atoms with E-state index in [1.165, 1.54) is 0 Å². The largest absolute Gasteiger partial charge is 0.497 e. The van der Waals surface area contributed by atoms with Crippen LogP contribution in [0.2, 0.25) is 0 Å². The van der Waals surface area contributed by atoms with Gasteiger partial charge in [0.2, 0.25) is 5.76 Å². The average Bonchev–Trinajstić information content (AvgIpc) is 2.64. The summed E-state index contributed by atoms with van der Waals surface area (Å²) in [6.45, 7) is 3.47. The summed E-state index contributed by atoms with van der Waals surface area (Å²) in [6, 6.07) is 6.92. The van der Waals surface area contributed by atoms with Gasteiger partial charge in [0.05, 0.1) is 19.3 Å². The number of benzene rings is 1. The van der Waals surface area contributed by atoms with Gasteiger partial charge in [0.25, 0.3) is 5.91 Å². The van der Waals surface area contributed by atoms with Crippen molar-refractivity contribution in [3.05, 3.63) is 35.6 Å². The lowest BCUT2D eigenvalue weighted by molar-refractivity contribution is -0.155. The third-order valence-corrected chi connectivity index (χ3v) is 4.73. The highest BCUT2D eigenvalue weighted by atomic mass is 16.6. The lowest BCUT2D eigenvalue weighted by Crippen LogP contribution is -2.59. The van der Waals surface area contributed by atoms with Gasteiger partial charge in [-0.25, -0.2) is 4.79 Å². The molecule has 1 aromatic rings. The summed E-state index contributed by atoms with van der Waals surface area (Å²) in [5, 5.41) is 2.97. The Morgan fingerprint density at radius 2 is 1.92 bits per heavy atom. The predicted octanol–water partition coefficient (Wildman–Crippen LogP) is 1.54. The Morgan fingerprint density at radius 1 is 1.27 bits per heavy atom. The molecule has 0 radical (unpaired) electrons. The normalized spacial score (nSPS) is 19.7. The highest BCUT2D eigenvalue weighted by Gasteiger charge is 2.45. The number of nitrogens with one attached hydrogen (secondary N) is 1. The molecule has 7 heteroatoms. The van der Waals surface area contributed by atoms with Crippen molar-refractivity contribution in [2.45, 2.75) is 25.5 Å². The zero-order chi connectivity index (χ0) is 18.7. The summed E-state index contributed by atoms with van der Waals surface area (Å²) in [5.41, 5.74) is -0.0911. The molecule has 1 spiro atoms. The van der Waals surface area contributed by atoms with Crippen molar-refractivity contribution >= 4 is 17.4 Å². The Labute approximate surface area is 152 Å². The number of hydrogen-bond acceptors (Lipinski definition) is 6. The van der Waals surface area contributed by atoms with E-state index in [0.29, 0.717) is 24.2 Å². The van der Waals surface area contributed by atoms with Crippen LogP contribution in [0, 0.1) is 0 Å². The van der Waals surface area contributed by atoms with Gasteiger partial charge in [-0.1, -0.05) is 12.1 Å². The van der Waals surface area contributed by atoms with Crippen LogP contribution in [0.5, 0.6) is 5.75 Å². The Kier molecular flexibility index (Phi) is 5.18. The molecule has 1 N–H and O–H groups in total. The number of methoxy groups -OCH3 is 1. The van der Waals surface area contributed by atoms with Crippen LogP contribution in [-0.4, -0.2) is 56.4 Å². The number of nitrogens with zero attached hydrogens (tertiary/aromatic N) is 1. The SMILES string of the molecule is CCOC(=O)C1=C(c2ccc(OC)cc2)C(=O)NC2(CCN(C)CC2)O1. The second-order valence-electron chi connectivity index (χ2n) is 6.51. The van der Waals surface area contributed by atoms with E-state index in [-0.39, 0.29) is 23.8 Å². The molecule has 140 valence electrons. The van der Waals surface area contributed by atoms with Gasteiger partial charge in [0.15, 0.2) is 5.72 Å². The van der Waals surface area contributed by atoms with Gasteiger partial charge in [0, 0.05) is 25.9 Å². The molecule has 0 aliphatic carbocycles. The van der Waals surface area contributed by atoms with Crippen LogP contribution in [0.4, 0.5) is 0 Å². The number of ether oxygens (including phenoxy) is 3. The fraction of sp³-hybridized carbons (Fsp3) is 0.474. The maximum absolute atomic E-state index is 12.9. The minimum absolute atomic E-state index is 0.0229. The topological polar surface area (TPSA) is 77.1 Å². The molecule has 0 atom stereocenters. The molecular weight excluding hydrogens is 336 g/mol. The molecule has 2 aliphatic rings. The summed E-state index contributed by atoms with van der Waals surface area (Å²) >= 11 is 0. The molecular formula is C19H24N2O5. The molecule has 1 saturated heterocycles. The van der Waals surface area contributed by atoms with E-state index in [1.807, 2.05) is 7.05 Å².